The summed E-state index contributed by atoms with van der Waals surface area (Å²) in [6.45, 7) is 8.27. The van der Waals surface area contributed by atoms with Crippen LogP contribution in [0.2, 0.25) is 0 Å². The minimum Gasteiger partial charge on any atom is -0.466 e. The highest BCUT2D eigenvalue weighted by Gasteiger charge is 2.15. The van der Waals surface area contributed by atoms with E-state index in [1.807, 2.05) is 52.0 Å². The Morgan fingerprint density at radius 1 is 1.25 bits per heavy atom. The molecule has 6 heteroatoms. The van der Waals surface area contributed by atoms with E-state index in [1.165, 1.54) is 0 Å². The highest BCUT2D eigenvalue weighted by molar-refractivity contribution is 5.69. The Morgan fingerprint density at radius 2 is 1.96 bits per heavy atom. The number of carbonyl (C=O) groups is 1. The Balaban J connectivity index is 1.89. The van der Waals surface area contributed by atoms with Crippen molar-refractivity contribution in [3.8, 4) is 0 Å². The third-order valence-electron chi connectivity index (χ3n) is 3.60. The molecule has 0 bridgehead atoms. The Hall–Kier alpha value is -2.37. The number of benzene rings is 1. The first-order chi connectivity index (χ1) is 11.5. The fourth-order valence-electron chi connectivity index (χ4n) is 2.22. The first-order valence-corrected chi connectivity index (χ1v) is 8.34. The molecule has 0 aliphatic heterocycles. The molecule has 24 heavy (non-hydrogen) atoms. The summed E-state index contributed by atoms with van der Waals surface area (Å²) < 4.78 is 10.2. The number of hydrogen-bond donors (Lipinski definition) is 1. The first kappa shape index (κ1) is 18.0. The lowest BCUT2D eigenvalue weighted by atomic mass is 10.1. The van der Waals surface area contributed by atoms with E-state index in [1.54, 1.807) is 0 Å². The van der Waals surface area contributed by atoms with E-state index in [-0.39, 0.29) is 17.9 Å². The number of aromatic nitrogens is 2. The largest absolute Gasteiger partial charge is 0.466 e. The number of aryl methyl sites for hydroxylation is 1. The van der Waals surface area contributed by atoms with Crippen LogP contribution >= 0.6 is 0 Å². The van der Waals surface area contributed by atoms with Crippen LogP contribution < -0.4 is 5.32 Å². The number of anilines is 1. The average molecular weight is 331 g/mol. The molecule has 0 spiro atoms. The quantitative estimate of drug-likeness (QED) is 0.740. The van der Waals surface area contributed by atoms with Crippen LogP contribution in [-0.2, 0) is 16.0 Å². The fourth-order valence-corrected chi connectivity index (χ4v) is 2.22. The van der Waals surface area contributed by atoms with E-state index in [0.717, 1.165) is 11.3 Å². The molecule has 0 saturated carbocycles. The molecule has 1 heterocycles. The van der Waals surface area contributed by atoms with Gasteiger partial charge in [0.15, 0.2) is 5.82 Å². The number of esters is 1. The Kier molecular flexibility index (Phi) is 6.35. The van der Waals surface area contributed by atoms with E-state index in [2.05, 4.69) is 15.5 Å². The van der Waals surface area contributed by atoms with Crippen molar-refractivity contribution < 1.29 is 14.1 Å². The maximum atomic E-state index is 11.4. The summed E-state index contributed by atoms with van der Waals surface area (Å²) in [6.07, 6.45) is 1.08. The SMILES string of the molecule is CCOC(=O)CCc1ccc(N[C@@H](C)c2nc(C(C)C)no2)cc1. The number of hydrogen-bond acceptors (Lipinski definition) is 6. The molecule has 0 amide bonds. The van der Waals surface area contributed by atoms with Crippen molar-refractivity contribution in [2.45, 2.75) is 52.5 Å². The number of nitrogens with zero attached hydrogens (tertiary/aromatic N) is 2. The van der Waals surface area contributed by atoms with Crippen molar-refractivity contribution in [2.75, 3.05) is 11.9 Å². The standard InChI is InChI=1S/C18H25N3O3/c1-5-23-16(22)11-8-14-6-9-15(10-7-14)19-13(4)18-20-17(12(2)3)21-24-18/h6-7,9-10,12-13,19H,5,8,11H2,1-4H3/t13-/m0/s1. The second-order valence-corrected chi connectivity index (χ2v) is 6.01. The molecule has 6 nitrogen and oxygen atoms in total. The van der Waals surface area contributed by atoms with Crippen molar-refractivity contribution in [2.24, 2.45) is 0 Å². The first-order valence-electron chi connectivity index (χ1n) is 8.34. The van der Waals surface area contributed by atoms with E-state index in [4.69, 9.17) is 9.26 Å². The summed E-state index contributed by atoms with van der Waals surface area (Å²) in [6, 6.07) is 7.90. The van der Waals surface area contributed by atoms with Crippen LogP contribution in [0.15, 0.2) is 28.8 Å². The van der Waals surface area contributed by atoms with Gasteiger partial charge in [0.05, 0.1) is 6.61 Å². The molecule has 0 aliphatic carbocycles. The monoisotopic (exact) mass is 331 g/mol. The molecule has 0 fully saturated rings. The molecule has 2 rings (SSSR count). The van der Waals surface area contributed by atoms with Gasteiger partial charge in [0.1, 0.15) is 6.04 Å². The molecule has 0 radical (unpaired) electrons. The summed E-state index contributed by atoms with van der Waals surface area (Å²) in [5.41, 5.74) is 2.06. The number of rotatable bonds is 8. The lowest BCUT2D eigenvalue weighted by Gasteiger charge is -2.11. The molecule has 1 N–H and O–H groups in total. The molecule has 2 aromatic rings. The summed E-state index contributed by atoms with van der Waals surface area (Å²) in [7, 11) is 0. The predicted octanol–water partition coefficient (Wildman–Crippen LogP) is 3.86. The van der Waals surface area contributed by atoms with Crippen LogP contribution in [0.1, 0.15) is 63.4 Å². The molecular weight excluding hydrogens is 306 g/mol. The van der Waals surface area contributed by atoms with Gasteiger partial charge >= 0.3 is 5.97 Å². The summed E-state index contributed by atoms with van der Waals surface area (Å²) in [5, 5.41) is 7.31. The molecule has 1 aromatic carbocycles. The van der Waals surface area contributed by atoms with Crippen molar-refractivity contribution >= 4 is 11.7 Å². The average Bonchev–Trinajstić information content (AvgIpc) is 3.05. The van der Waals surface area contributed by atoms with Crippen LogP contribution in [0, 0.1) is 0 Å². The smallest absolute Gasteiger partial charge is 0.306 e. The van der Waals surface area contributed by atoms with Crippen LogP contribution in [-0.4, -0.2) is 22.7 Å². The minimum absolute atomic E-state index is 0.0737. The molecule has 1 aromatic heterocycles. The lowest BCUT2D eigenvalue weighted by molar-refractivity contribution is -0.143. The number of ether oxygens (including phenoxy) is 1. The van der Waals surface area contributed by atoms with Gasteiger partial charge in [-0.15, -0.1) is 0 Å². The second kappa shape index (κ2) is 8.47. The van der Waals surface area contributed by atoms with Crippen molar-refractivity contribution in [1.29, 1.82) is 0 Å². The van der Waals surface area contributed by atoms with E-state index in [9.17, 15) is 4.79 Å². The Morgan fingerprint density at radius 3 is 2.54 bits per heavy atom. The van der Waals surface area contributed by atoms with Gasteiger partial charge in [-0.25, -0.2) is 0 Å². The van der Waals surface area contributed by atoms with Gasteiger partial charge in [-0.3, -0.25) is 4.79 Å². The zero-order valence-corrected chi connectivity index (χ0v) is 14.7. The molecule has 0 aliphatic rings. The third-order valence-corrected chi connectivity index (χ3v) is 3.60. The zero-order chi connectivity index (χ0) is 17.5. The van der Waals surface area contributed by atoms with Gasteiger partial charge in [0.25, 0.3) is 0 Å². The van der Waals surface area contributed by atoms with Gasteiger partial charge in [-0.05, 0) is 38.0 Å². The summed E-state index contributed by atoms with van der Waals surface area (Å²) in [5.74, 6) is 1.37. The fraction of sp³-hybridized carbons (Fsp3) is 0.500. The highest BCUT2D eigenvalue weighted by Crippen LogP contribution is 2.20. The summed E-state index contributed by atoms with van der Waals surface area (Å²) in [4.78, 5) is 15.8. The number of carbonyl (C=O) groups excluding carboxylic acids is 1. The van der Waals surface area contributed by atoms with Crippen LogP contribution in [0.4, 0.5) is 5.69 Å². The topological polar surface area (TPSA) is 77.2 Å². The van der Waals surface area contributed by atoms with Gasteiger partial charge < -0.3 is 14.6 Å². The van der Waals surface area contributed by atoms with E-state index >= 15 is 0 Å². The third kappa shape index (κ3) is 5.08. The van der Waals surface area contributed by atoms with E-state index in [0.29, 0.717) is 31.2 Å². The Labute approximate surface area is 142 Å². The maximum Gasteiger partial charge on any atom is 0.306 e. The van der Waals surface area contributed by atoms with Crippen LogP contribution in [0.5, 0.6) is 0 Å². The van der Waals surface area contributed by atoms with Gasteiger partial charge in [0, 0.05) is 18.0 Å². The zero-order valence-electron chi connectivity index (χ0n) is 14.7. The minimum atomic E-state index is -0.161. The van der Waals surface area contributed by atoms with Crippen LogP contribution in [0.3, 0.4) is 0 Å². The van der Waals surface area contributed by atoms with Crippen LogP contribution in [0.25, 0.3) is 0 Å². The Bertz CT molecular complexity index is 650. The lowest BCUT2D eigenvalue weighted by Crippen LogP contribution is -2.07. The van der Waals surface area contributed by atoms with Crippen molar-refractivity contribution in [3.63, 3.8) is 0 Å². The maximum absolute atomic E-state index is 11.4. The highest BCUT2D eigenvalue weighted by atomic mass is 16.5. The summed E-state index contributed by atoms with van der Waals surface area (Å²) >= 11 is 0. The normalized spacial score (nSPS) is 12.2. The molecular formula is C18H25N3O3. The molecule has 1 atom stereocenters. The van der Waals surface area contributed by atoms with Gasteiger partial charge in [0.2, 0.25) is 5.89 Å². The molecule has 0 unspecified atom stereocenters. The van der Waals surface area contributed by atoms with Crippen molar-refractivity contribution in [1.82, 2.24) is 10.1 Å². The predicted molar refractivity (Wildman–Crippen MR) is 91.8 cm³/mol. The molecule has 130 valence electrons. The van der Waals surface area contributed by atoms with Crippen molar-refractivity contribution in [3.05, 3.63) is 41.5 Å². The van der Waals surface area contributed by atoms with E-state index < -0.39 is 0 Å². The molecule has 0 saturated heterocycles. The second-order valence-electron chi connectivity index (χ2n) is 6.01. The van der Waals surface area contributed by atoms with Gasteiger partial charge in [-0.1, -0.05) is 31.1 Å². The number of nitrogens with one attached hydrogen (secondary N) is 1. The van der Waals surface area contributed by atoms with Gasteiger partial charge in [-0.2, -0.15) is 4.98 Å².